The van der Waals surface area contributed by atoms with Gasteiger partial charge in [0.1, 0.15) is 0 Å². The highest BCUT2D eigenvalue weighted by atomic mass is 15.1. The van der Waals surface area contributed by atoms with E-state index in [0.717, 1.165) is 28.3 Å². The summed E-state index contributed by atoms with van der Waals surface area (Å²) in [6.07, 6.45) is 0. The summed E-state index contributed by atoms with van der Waals surface area (Å²) in [4.78, 5) is 2.39. The van der Waals surface area contributed by atoms with Gasteiger partial charge >= 0.3 is 0 Å². The Labute approximate surface area is 373 Å². The Morgan fingerprint density at radius 3 is 1.58 bits per heavy atom. The summed E-state index contributed by atoms with van der Waals surface area (Å²) in [7, 11) is 0. The van der Waals surface area contributed by atoms with E-state index < -0.39 is 0 Å². The number of rotatable bonds is 8. The third-order valence-corrected chi connectivity index (χ3v) is 12.7. The van der Waals surface area contributed by atoms with Crippen LogP contribution in [0.1, 0.15) is 0 Å². The van der Waals surface area contributed by atoms with E-state index in [9.17, 15) is 0 Å². The molecule has 0 saturated carbocycles. The Balaban J connectivity index is 1.03. The van der Waals surface area contributed by atoms with Gasteiger partial charge in [0.25, 0.3) is 0 Å². The Morgan fingerprint density at radius 2 is 0.812 bits per heavy atom. The number of fused-ring (bicyclic) bond motifs is 5. The van der Waals surface area contributed by atoms with Gasteiger partial charge in [0.15, 0.2) is 0 Å². The molecule has 0 saturated heterocycles. The predicted molar refractivity (Wildman–Crippen MR) is 272 cm³/mol. The van der Waals surface area contributed by atoms with Gasteiger partial charge in [-0.25, -0.2) is 0 Å². The topological polar surface area (TPSA) is 8.17 Å². The molecular formula is C62H42N2. The fourth-order valence-corrected chi connectivity index (χ4v) is 9.77. The van der Waals surface area contributed by atoms with Crippen LogP contribution in [0.25, 0.3) is 93.5 Å². The molecule has 0 amide bonds. The van der Waals surface area contributed by atoms with E-state index in [1.165, 1.54) is 82.3 Å². The Morgan fingerprint density at radius 1 is 0.266 bits per heavy atom. The number of nitrogens with zero attached hydrogens (tertiary/aromatic N) is 2. The molecule has 12 rings (SSSR count). The summed E-state index contributed by atoms with van der Waals surface area (Å²) in [6.45, 7) is 0. The van der Waals surface area contributed by atoms with Gasteiger partial charge < -0.3 is 9.47 Å². The van der Waals surface area contributed by atoms with E-state index in [2.05, 4.69) is 264 Å². The fraction of sp³-hybridized carbons (Fsp3) is 0. The van der Waals surface area contributed by atoms with Crippen molar-refractivity contribution >= 4 is 60.4 Å². The third-order valence-electron chi connectivity index (χ3n) is 12.7. The third kappa shape index (κ3) is 6.52. The summed E-state index contributed by atoms with van der Waals surface area (Å²) in [5.41, 5.74) is 16.3. The normalized spacial score (nSPS) is 11.4. The van der Waals surface area contributed by atoms with Crippen LogP contribution in [0.15, 0.2) is 255 Å². The Bertz CT molecular complexity index is 3650. The van der Waals surface area contributed by atoms with Crippen molar-refractivity contribution in [2.24, 2.45) is 0 Å². The largest absolute Gasteiger partial charge is 0.310 e. The summed E-state index contributed by atoms with van der Waals surface area (Å²) in [5.74, 6) is 0. The minimum Gasteiger partial charge on any atom is -0.310 e. The van der Waals surface area contributed by atoms with Crippen molar-refractivity contribution in [1.82, 2.24) is 4.57 Å². The number of benzene rings is 11. The molecule has 300 valence electrons. The second-order valence-electron chi connectivity index (χ2n) is 16.5. The van der Waals surface area contributed by atoms with Gasteiger partial charge in [-0.2, -0.15) is 0 Å². The van der Waals surface area contributed by atoms with Crippen LogP contribution in [-0.4, -0.2) is 4.57 Å². The van der Waals surface area contributed by atoms with E-state index in [1.54, 1.807) is 0 Å². The molecular weight excluding hydrogens is 773 g/mol. The molecule has 0 atom stereocenters. The van der Waals surface area contributed by atoms with Gasteiger partial charge in [-0.15, -0.1) is 0 Å². The first kappa shape index (κ1) is 37.3. The van der Waals surface area contributed by atoms with Crippen molar-refractivity contribution in [2.75, 3.05) is 4.90 Å². The number of aromatic nitrogens is 1. The van der Waals surface area contributed by atoms with Crippen molar-refractivity contribution in [2.45, 2.75) is 0 Å². The zero-order valence-electron chi connectivity index (χ0n) is 35.1. The molecule has 0 N–H and O–H groups in total. The highest BCUT2D eigenvalue weighted by Crippen LogP contribution is 2.44. The quantitative estimate of drug-likeness (QED) is 0.148. The van der Waals surface area contributed by atoms with Crippen LogP contribution in [0, 0.1) is 0 Å². The summed E-state index contributed by atoms with van der Waals surface area (Å²) in [6, 6.07) is 92.7. The molecule has 12 aromatic rings. The van der Waals surface area contributed by atoms with Crippen molar-refractivity contribution in [3.8, 4) is 50.2 Å². The molecule has 64 heavy (non-hydrogen) atoms. The molecule has 0 aliphatic rings. The number of para-hydroxylation sites is 1. The van der Waals surface area contributed by atoms with E-state index in [0.29, 0.717) is 0 Å². The van der Waals surface area contributed by atoms with Crippen LogP contribution in [0.4, 0.5) is 17.1 Å². The Kier molecular flexibility index (Phi) is 9.20. The lowest BCUT2D eigenvalue weighted by molar-refractivity contribution is 1.18. The minimum atomic E-state index is 1.08. The molecule has 0 spiro atoms. The van der Waals surface area contributed by atoms with Crippen LogP contribution in [-0.2, 0) is 0 Å². The smallest absolute Gasteiger partial charge is 0.0547 e. The molecule has 2 nitrogen and oxygen atoms in total. The van der Waals surface area contributed by atoms with Crippen molar-refractivity contribution < 1.29 is 0 Å². The van der Waals surface area contributed by atoms with Gasteiger partial charge in [-0.05, 0) is 121 Å². The maximum atomic E-state index is 2.47. The standard InChI is InChI=1S/C62H42N2/c1-3-17-43(18-4-1)47-25-13-27-52(39-47)63(53-28-14-26-50(40-53)55-31-15-24-44-19-9-10-29-54(44)55)51-37-35-45(36-38-51)56-32-16-34-60(62(56)46-20-5-2-6-21-46)64-59-33-12-11-30-57(59)58-41-48-22-7-8-23-49(48)42-61(58)64/h1-42H. The van der Waals surface area contributed by atoms with Gasteiger partial charge in [-0.1, -0.05) is 194 Å². The minimum absolute atomic E-state index is 1.08. The fourth-order valence-electron chi connectivity index (χ4n) is 9.77. The maximum Gasteiger partial charge on any atom is 0.0547 e. The molecule has 0 unspecified atom stereocenters. The number of hydrogen-bond acceptors (Lipinski definition) is 1. The van der Waals surface area contributed by atoms with Crippen LogP contribution < -0.4 is 4.90 Å². The summed E-state index contributed by atoms with van der Waals surface area (Å²) < 4.78 is 2.47. The predicted octanol–water partition coefficient (Wildman–Crippen LogP) is 17.2. The summed E-state index contributed by atoms with van der Waals surface area (Å²) in [5, 5.41) is 7.46. The van der Waals surface area contributed by atoms with E-state index >= 15 is 0 Å². The van der Waals surface area contributed by atoms with Crippen molar-refractivity contribution in [3.63, 3.8) is 0 Å². The molecule has 0 bridgehead atoms. The first-order valence-electron chi connectivity index (χ1n) is 22.0. The van der Waals surface area contributed by atoms with E-state index in [1.807, 2.05) is 0 Å². The van der Waals surface area contributed by atoms with Crippen molar-refractivity contribution in [3.05, 3.63) is 255 Å². The van der Waals surface area contributed by atoms with Crippen molar-refractivity contribution in [1.29, 1.82) is 0 Å². The van der Waals surface area contributed by atoms with Gasteiger partial charge in [0.2, 0.25) is 0 Å². The summed E-state index contributed by atoms with van der Waals surface area (Å²) >= 11 is 0. The van der Waals surface area contributed by atoms with E-state index in [4.69, 9.17) is 0 Å². The van der Waals surface area contributed by atoms with Crippen LogP contribution in [0.3, 0.4) is 0 Å². The molecule has 0 fully saturated rings. The monoisotopic (exact) mass is 814 g/mol. The van der Waals surface area contributed by atoms with Gasteiger partial charge in [0.05, 0.1) is 16.7 Å². The zero-order chi connectivity index (χ0) is 42.4. The lowest BCUT2D eigenvalue weighted by atomic mass is 9.92. The average molecular weight is 815 g/mol. The van der Waals surface area contributed by atoms with E-state index in [-0.39, 0.29) is 0 Å². The molecule has 2 heteroatoms. The molecule has 1 heterocycles. The molecule has 0 aliphatic heterocycles. The Hall–Kier alpha value is -8.46. The van der Waals surface area contributed by atoms with Gasteiger partial charge in [0, 0.05) is 33.4 Å². The first-order valence-corrected chi connectivity index (χ1v) is 22.0. The first-order chi connectivity index (χ1) is 31.7. The second-order valence-corrected chi connectivity index (χ2v) is 16.5. The molecule has 0 aliphatic carbocycles. The number of hydrogen-bond donors (Lipinski definition) is 0. The molecule has 0 radical (unpaired) electrons. The van der Waals surface area contributed by atoms with Crippen LogP contribution in [0.2, 0.25) is 0 Å². The number of anilines is 3. The van der Waals surface area contributed by atoms with Gasteiger partial charge in [-0.3, -0.25) is 0 Å². The lowest BCUT2D eigenvalue weighted by Crippen LogP contribution is -2.10. The zero-order valence-corrected chi connectivity index (χ0v) is 35.1. The highest BCUT2D eigenvalue weighted by molar-refractivity contribution is 6.14. The average Bonchev–Trinajstić information content (AvgIpc) is 3.69. The SMILES string of the molecule is c1ccc(-c2cccc(N(c3ccc(-c4cccc(-n5c6ccccc6c6cc7ccccc7cc65)c4-c4ccccc4)cc3)c3cccc(-c4cccc5ccccc45)c3)c2)cc1. The van der Waals surface area contributed by atoms with Crippen LogP contribution in [0.5, 0.6) is 0 Å². The maximum absolute atomic E-state index is 2.47. The van der Waals surface area contributed by atoms with Crippen LogP contribution >= 0.6 is 0 Å². The molecule has 11 aromatic carbocycles. The molecule has 1 aromatic heterocycles. The second kappa shape index (κ2) is 15.8. The highest BCUT2D eigenvalue weighted by Gasteiger charge is 2.21. The lowest BCUT2D eigenvalue weighted by Gasteiger charge is -2.27.